The maximum atomic E-state index is 12.4. The van der Waals surface area contributed by atoms with E-state index in [9.17, 15) is 4.79 Å². The molecule has 5 nitrogen and oxygen atoms in total. The van der Waals surface area contributed by atoms with Crippen LogP contribution in [0.2, 0.25) is 0 Å². The third kappa shape index (κ3) is 5.31. The predicted molar refractivity (Wildman–Crippen MR) is 117 cm³/mol. The number of fused-ring (bicyclic) bond motifs is 1. The zero-order chi connectivity index (χ0) is 20.6. The van der Waals surface area contributed by atoms with Crippen LogP contribution in [-0.4, -0.2) is 31.2 Å². The third-order valence-electron chi connectivity index (χ3n) is 5.09. The summed E-state index contributed by atoms with van der Waals surface area (Å²) in [5, 5.41) is 4.16. The Balaban J connectivity index is 1.82. The molecule has 5 heteroatoms. The molecule has 1 amide bonds. The molecular formula is C24H30N2O3. The average molecular weight is 395 g/mol. The van der Waals surface area contributed by atoms with Gasteiger partial charge in [0, 0.05) is 36.3 Å². The van der Waals surface area contributed by atoms with Crippen molar-refractivity contribution in [3.63, 3.8) is 0 Å². The van der Waals surface area contributed by atoms with E-state index in [1.807, 2.05) is 30.3 Å². The van der Waals surface area contributed by atoms with Gasteiger partial charge in [-0.3, -0.25) is 4.79 Å². The molecule has 0 saturated heterocycles. The van der Waals surface area contributed by atoms with Crippen LogP contribution in [0.5, 0.6) is 11.5 Å². The van der Waals surface area contributed by atoms with Gasteiger partial charge in [0.15, 0.2) is 0 Å². The van der Waals surface area contributed by atoms with Gasteiger partial charge in [-0.2, -0.15) is 0 Å². The largest absolute Gasteiger partial charge is 0.497 e. The molecule has 0 unspecified atom stereocenters. The minimum atomic E-state index is 0.0760. The summed E-state index contributed by atoms with van der Waals surface area (Å²) in [5.74, 6) is 1.61. The Kier molecular flexibility index (Phi) is 7.17. The van der Waals surface area contributed by atoms with Crippen molar-refractivity contribution < 1.29 is 14.3 Å². The van der Waals surface area contributed by atoms with Crippen LogP contribution in [0.15, 0.2) is 48.7 Å². The van der Waals surface area contributed by atoms with Gasteiger partial charge in [-0.05, 0) is 35.7 Å². The van der Waals surface area contributed by atoms with E-state index in [0.29, 0.717) is 13.0 Å². The Morgan fingerprint density at radius 1 is 1.03 bits per heavy atom. The first-order chi connectivity index (χ1) is 14.1. The maximum Gasteiger partial charge on any atom is 0.224 e. The number of ether oxygens (including phenoxy) is 2. The van der Waals surface area contributed by atoms with E-state index in [1.54, 1.807) is 14.2 Å². The van der Waals surface area contributed by atoms with Gasteiger partial charge < -0.3 is 19.4 Å². The van der Waals surface area contributed by atoms with E-state index in [4.69, 9.17) is 9.47 Å². The molecule has 29 heavy (non-hydrogen) atoms. The molecule has 1 heterocycles. The van der Waals surface area contributed by atoms with E-state index in [0.717, 1.165) is 59.3 Å². The monoisotopic (exact) mass is 394 g/mol. The molecule has 0 saturated carbocycles. The summed E-state index contributed by atoms with van der Waals surface area (Å²) >= 11 is 0. The Hall–Kier alpha value is -2.95. The molecule has 3 aromatic rings. The van der Waals surface area contributed by atoms with E-state index >= 15 is 0 Å². The summed E-state index contributed by atoms with van der Waals surface area (Å²) in [7, 11) is 3.31. The van der Waals surface area contributed by atoms with Gasteiger partial charge >= 0.3 is 0 Å². The number of carbonyl (C=O) groups is 1. The van der Waals surface area contributed by atoms with Crippen molar-refractivity contribution in [2.24, 2.45) is 0 Å². The standard InChI is InChI=1S/C24H30N2O3/c1-4-5-8-11-25-24(27)14-19-17-26(23-10-7-6-9-22(19)23)16-18-12-20(28-2)15-21(13-18)29-3/h6-7,9-10,12-13,15,17H,4-5,8,11,14,16H2,1-3H3,(H,25,27). The van der Waals surface area contributed by atoms with Crippen molar-refractivity contribution in [1.29, 1.82) is 0 Å². The molecule has 0 aliphatic heterocycles. The molecule has 1 N–H and O–H groups in total. The summed E-state index contributed by atoms with van der Waals surface area (Å²) in [4.78, 5) is 12.4. The average Bonchev–Trinajstić information content (AvgIpc) is 3.08. The van der Waals surface area contributed by atoms with Crippen LogP contribution in [0.3, 0.4) is 0 Å². The van der Waals surface area contributed by atoms with Gasteiger partial charge in [0.1, 0.15) is 11.5 Å². The van der Waals surface area contributed by atoms with Crippen LogP contribution >= 0.6 is 0 Å². The van der Waals surface area contributed by atoms with Crippen molar-refractivity contribution >= 4 is 16.8 Å². The third-order valence-corrected chi connectivity index (χ3v) is 5.09. The molecule has 0 radical (unpaired) electrons. The summed E-state index contributed by atoms with van der Waals surface area (Å²) in [6, 6.07) is 14.1. The highest BCUT2D eigenvalue weighted by Gasteiger charge is 2.13. The maximum absolute atomic E-state index is 12.4. The summed E-state index contributed by atoms with van der Waals surface area (Å²) < 4.78 is 13.0. The lowest BCUT2D eigenvalue weighted by Crippen LogP contribution is -2.26. The second-order valence-corrected chi connectivity index (χ2v) is 7.25. The fourth-order valence-corrected chi connectivity index (χ4v) is 3.59. The number of rotatable bonds is 10. The van der Waals surface area contributed by atoms with Gasteiger partial charge in [-0.15, -0.1) is 0 Å². The summed E-state index contributed by atoms with van der Waals surface area (Å²) in [6.07, 6.45) is 5.80. The second-order valence-electron chi connectivity index (χ2n) is 7.25. The van der Waals surface area contributed by atoms with E-state index in [1.165, 1.54) is 0 Å². The minimum absolute atomic E-state index is 0.0760. The van der Waals surface area contributed by atoms with Gasteiger partial charge in [-0.1, -0.05) is 38.0 Å². The van der Waals surface area contributed by atoms with Crippen molar-refractivity contribution in [2.75, 3.05) is 20.8 Å². The smallest absolute Gasteiger partial charge is 0.224 e. The van der Waals surface area contributed by atoms with Gasteiger partial charge in [0.25, 0.3) is 0 Å². The highest BCUT2D eigenvalue weighted by molar-refractivity contribution is 5.89. The molecule has 0 aliphatic rings. The van der Waals surface area contributed by atoms with Gasteiger partial charge in [-0.25, -0.2) is 0 Å². The molecule has 0 atom stereocenters. The number of nitrogens with zero attached hydrogens (tertiary/aromatic N) is 1. The Morgan fingerprint density at radius 3 is 2.45 bits per heavy atom. The van der Waals surface area contributed by atoms with Crippen LogP contribution < -0.4 is 14.8 Å². The minimum Gasteiger partial charge on any atom is -0.497 e. The van der Waals surface area contributed by atoms with Crippen molar-refractivity contribution in [3.8, 4) is 11.5 Å². The lowest BCUT2D eigenvalue weighted by molar-refractivity contribution is -0.120. The van der Waals surface area contributed by atoms with E-state index in [2.05, 4.69) is 35.1 Å². The first-order valence-corrected chi connectivity index (χ1v) is 10.2. The molecular weight excluding hydrogens is 364 g/mol. The van der Waals surface area contributed by atoms with Crippen LogP contribution in [0.1, 0.15) is 37.3 Å². The predicted octanol–water partition coefficient (Wildman–Crippen LogP) is 4.56. The Bertz CT molecular complexity index is 940. The van der Waals surface area contributed by atoms with E-state index < -0.39 is 0 Å². The molecule has 0 bridgehead atoms. The quantitative estimate of drug-likeness (QED) is 0.513. The van der Waals surface area contributed by atoms with Crippen molar-refractivity contribution in [2.45, 2.75) is 39.2 Å². The topological polar surface area (TPSA) is 52.5 Å². The number of para-hydroxylation sites is 1. The zero-order valence-electron chi connectivity index (χ0n) is 17.5. The second kappa shape index (κ2) is 10.0. The van der Waals surface area contributed by atoms with Crippen LogP contribution in [0, 0.1) is 0 Å². The highest BCUT2D eigenvalue weighted by Crippen LogP contribution is 2.26. The first kappa shape index (κ1) is 20.8. The van der Waals surface area contributed by atoms with Gasteiger partial charge in [0.2, 0.25) is 5.91 Å². The number of benzene rings is 2. The van der Waals surface area contributed by atoms with Crippen molar-refractivity contribution in [3.05, 3.63) is 59.8 Å². The highest BCUT2D eigenvalue weighted by atomic mass is 16.5. The Morgan fingerprint density at radius 2 is 1.76 bits per heavy atom. The molecule has 3 rings (SSSR count). The van der Waals surface area contributed by atoms with E-state index in [-0.39, 0.29) is 5.91 Å². The summed E-state index contributed by atoms with van der Waals surface area (Å²) in [5.41, 5.74) is 3.24. The summed E-state index contributed by atoms with van der Waals surface area (Å²) in [6.45, 7) is 3.58. The van der Waals surface area contributed by atoms with Crippen LogP contribution in [-0.2, 0) is 17.8 Å². The fraction of sp³-hybridized carbons (Fsp3) is 0.375. The number of unbranched alkanes of at least 4 members (excludes halogenated alkanes) is 2. The number of methoxy groups -OCH3 is 2. The van der Waals surface area contributed by atoms with Crippen LogP contribution in [0.4, 0.5) is 0 Å². The number of hydrogen-bond acceptors (Lipinski definition) is 3. The zero-order valence-corrected chi connectivity index (χ0v) is 17.5. The lowest BCUT2D eigenvalue weighted by Gasteiger charge is -2.10. The number of hydrogen-bond donors (Lipinski definition) is 1. The number of aromatic nitrogens is 1. The van der Waals surface area contributed by atoms with Gasteiger partial charge in [0.05, 0.1) is 20.6 Å². The molecule has 0 spiro atoms. The normalized spacial score (nSPS) is 10.9. The number of carbonyl (C=O) groups excluding carboxylic acids is 1. The molecule has 154 valence electrons. The van der Waals surface area contributed by atoms with Crippen molar-refractivity contribution in [1.82, 2.24) is 9.88 Å². The molecule has 0 fully saturated rings. The first-order valence-electron chi connectivity index (χ1n) is 10.2. The molecule has 1 aromatic heterocycles. The molecule has 0 aliphatic carbocycles. The Labute approximate surface area is 172 Å². The van der Waals surface area contributed by atoms with Crippen LogP contribution in [0.25, 0.3) is 10.9 Å². The SMILES string of the molecule is CCCCCNC(=O)Cc1cn(Cc2cc(OC)cc(OC)c2)c2ccccc12. The number of amides is 1. The lowest BCUT2D eigenvalue weighted by atomic mass is 10.1. The molecule has 2 aromatic carbocycles. The number of nitrogens with one attached hydrogen (secondary N) is 1. The fourth-order valence-electron chi connectivity index (χ4n) is 3.59.